The van der Waals surface area contributed by atoms with Gasteiger partial charge in [-0.1, -0.05) is 42.5 Å². The number of rotatable bonds is 2. The monoisotopic (exact) mass is 255 g/mol. The number of hydrogen-bond acceptors (Lipinski definition) is 2. The Labute approximate surface area is 110 Å². The molecule has 1 aliphatic rings. The highest BCUT2D eigenvalue weighted by Gasteiger charge is 2.32. The van der Waals surface area contributed by atoms with Crippen LogP contribution in [0.1, 0.15) is 10.8 Å². The molecule has 1 N–H and O–H groups in total. The number of carbonyl (C=O) groups excluding carboxylic acids is 1. The van der Waals surface area contributed by atoms with Crippen molar-refractivity contribution in [3.8, 4) is 11.1 Å². The quantitative estimate of drug-likeness (QED) is 0.886. The molecule has 0 aromatic heterocycles. The molecule has 0 spiro atoms. The highest BCUT2D eigenvalue weighted by molar-refractivity contribution is 7.99. The summed E-state index contributed by atoms with van der Waals surface area (Å²) in [5.74, 6) is 0.0841. The van der Waals surface area contributed by atoms with Crippen LogP contribution < -0.4 is 5.32 Å². The maximum Gasteiger partial charge on any atom is 0.242 e. The molecule has 0 unspecified atom stereocenters. The van der Waals surface area contributed by atoms with E-state index in [9.17, 15) is 4.79 Å². The number of anilines is 1. The summed E-state index contributed by atoms with van der Waals surface area (Å²) in [4.78, 5) is 11.9. The minimum absolute atomic E-state index is 0.0841. The van der Waals surface area contributed by atoms with Crippen LogP contribution in [0, 0.1) is 0 Å². The zero-order valence-corrected chi connectivity index (χ0v) is 10.8. The molecule has 2 nitrogen and oxygen atoms in total. The maximum absolute atomic E-state index is 11.9. The highest BCUT2D eigenvalue weighted by atomic mass is 32.2. The van der Waals surface area contributed by atoms with E-state index in [1.54, 1.807) is 11.8 Å². The minimum Gasteiger partial charge on any atom is -0.324 e. The molecule has 18 heavy (non-hydrogen) atoms. The molecule has 0 aliphatic carbocycles. The van der Waals surface area contributed by atoms with E-state index in [4.69, 9.17) is 0 Å². The summed E-state index contributed by atoms with van der Waals surface area (Å²) < 4.78 is 0. The Balaban J connectivity index is 2.19. The molecule has 0 fully saturated rings. The number of benzene rings is 2. The standard InChI is InChI=1S/C15H13NOS/c1-18-14-13-11(10-6-3-2-4-7-10)8-5-9-12(13)16-15(14)17/h2-9,14H,1H3,(H,16,17)/t14-/m0/s1. The van der Waals surface area contributed by atoms with E-state index in [0.717, 1.165) is 22.4 Å². The van der Waals surface area contributed by atoms with Crippen molar-refractivity contribution in [2.24, 2.45) is 0 Å². The number of hydrogen-bond donors (Lipinski definition) is 1. The second kappa shape index (κ2) is 4.50. The first-order valence-corrected chi connectivity index (χ1v) is 7.12. The number of fused-ring (bicyclic) bond motifs is 1. The second-order valence-electron chi connectivity index (χ2n) is 4.24. The third kappa shape index (κ3) is 1.71. The van der Waals surface area contributed by atoms with Crippen LogP contribution in [0.5, 0.6) is 0 Å². The SMILES string of the molecule is CS[C@@H]1C(=O)Nc2cccc(-c3ccccc3)c21. The fourth-order valence-electron chi connectivity index (χ4n) is 2.38. The lowest BCUT2D eigenvalue weighted by molar-refractivity contribution is -0.115. The largest absolute Gasteiger partial charge is 0.324 e. The van der Waals surface area contributed by atoms with E-state index in [1.807, 2.05) is 36.6 Å². The average molecular weight is 255 g/mol. The molecule has 0 saturated heterocycles. The van der Waals surface area contributed by atoms with Crippen LogP contribution in [0.3, 0.4) is 0 Å². The molecule has 0 saturated carbocycles. The third-order valence-electron chi connectivity index (χ3n) is 3.18. The van der Waals surface area contributed by atoms with Gasteiger partial charge in [0, 0.05) is 11.3 Å². The van der Waals surface area contributed by atoms with Gasteiger partial charge in [0.15, 0.2) is 0 Å². The van der Waals surface area contributed by atoms with Crippen LogP contribution in [0.2, 0.25) is 0 Å². The third-order valence-corrected chi connectivity index (χ3v) is 4.11. The summed E-state index contributed by atoms with van der Waals surface area (Å²) in [7, 11) is 0. The summed E-state index contributed by atoms with van der Waals surface area (Å²) in [6.07, 6.45) is 1.97. The zero-order chi connectivity index (χ0) is 12.5. The van der Waals surface area contributed by atoms with Crippen LogP contribution in [0.15, 0.2) is 48.5 Å². The summed E-state index contributed by atoms with van der Waals surface area (Å²) in [6.45, 7) is 0. The Kier molecular flexibility index (Phi) is 2.84. The van der Waals surface area contributed by atoms with Crippen LogP contribution in [-0.4, -0.2) is 12.2 Å². The van der Waals surface area contributed by atoms with Gasteiger partial charge >= 0.3 is 0 Å². The van der Waals surface area contributed by atoms with E-state index >= 15 is 0 Å². The van der Waals surface area contributed by atoms with Gasteiger partial charge in [-0.05, 0) is 23.4 Å². The molecule has 1 amide bonds. The molecule has 1 atom stereocenters. The molecule has 2 aromatic carbocycles. The molecular weight excluding hydrogens is 242 g/mol. The molecular formula is C15H13NOS. The molecule has 1 heterocycles. The van der Waals surface area contributed by atoms with E-state index in [1.165, 1.54) is 0 Å². The van der Waals surface area contributed by atoms with Gasteiger partial charge in [-0.25, -0.2) is 0 Å². The zero-order valence-electron chi connectivity index (χ0n) is 10.0. The van der Waals surface area contributed by atoms with E-state index in [-0.39, 0.29) is 11.2 Å². The number of amides is 1. The highest BCUT2D eigenvalue weighted by Crippen LogP contribution is 2.44. The topological polar surface area (TPSA) is 29.1 Å². The molecule has 0 bridgehead atoms. The normalized spacial score (nSPS) is 17.4. The van der Waals surface area contributed by atoms with Crippen LogP contribution in [0.4, 0.5) is 5.69 Å². The van der Waals surface area contributed by atoms with Crippen molar-refractivity contribution >= 4 is 23.4 Å². The van der Waals surface area contributed by atoms with E-state index in [2.05, 4.69) is 23.5 Å². The van der Waals surface area contributed by atoms with Crippen LogP contribution in [-0.2, 0) is 4.79 Å². The Morgan fingerprint density at radius 2 is 1.83 bits per heavy atom. The fourth-order valence-corrected chi connectivity index (χ4v) is 3.14. The average Bonchev–Trinajstić information content (AvgIpc) is 2.74. The van der Waals surface area contributed by atoms with Crippen molar-refractivity contribution in [3.63, 3.8) is 0 Å². The molecule has 2 aromatic rings. The van der Waals surface area contributed by atoms with Gasteiger partial charge in [0.25, 0.3) is 0 Å². The molecule has 3 heteroatoms. The fraction of sp³-hybridized carbons (Fsp3) is 0.133. The van der Waals surface area contributed by atoms with Gasteiger partial charge in [0.2, 0.25) is 5.91 Å². The predicted molar refractivity (Wildman–Crippen MR) is 76.8 cm³/mol. The lowest BCUT2D eigenvalue weighted by atomic mass is 9.98. The predicted octanol–water partition coefficient (Wildman–Crippen LogP) is 3.71. The Hall–Kier alpha value is -1.74. The van der Waals surface area contributed by atoms with Gasteiger partial charge in [0.1, 0.15) is 5.25 Å². The van der Waals surface area contributed by atoms with Crippen LogP contribution >= 0.6 is 11.8 Å². The lowest BCUT2D eigenvalue weighted by Crippen LogP contribution is -2.08. The summed E-state index contributed by atoms with van der Waals surface area (Å²) in [5.41, 5.74) is 4.36. The first-order valence-electron chi connectivity index (χ1n) is 5.83. The molecule has 1 aliphatic heterocycles. The van der Waals surface area contributed by atoms with Crippen molar-refractivity contribution in [3.05, 3.63) is 54.1 Å². The first kappa shape index (κ1) is 11.4. The Bertz CT molecular complexity index is 595. The van der Waals surface area contributed by atoms with E-state index in [0.29, 0.717) is 0 Å². The van der Waals surface area contributed by atoms with E-state index < -0.39 is 0 Å². The molecule has 3 rings (SSSR count). The van der Waals surface area contributed by atoms with Crippen molar-refractivity contribution in [2.75, 3.05) is 11.6 Å². The van der Waals surface area contributed by atoms with Gasteiger partial charge in [-0.3, -0.25) is 4.79 Å². The first-order chi connectivity index (χ1) is 8.81. The van der Waals surface area contributed by atoms with Crippen molar-refractivity contribution < 1.29 is 4.79 Å². The van der Waals surface area contributed by atoms with Gasteiger partial charge < -0.3 is 5.32 Å². The van der Waals surface area contributed by atoms with Crippen LogP contribution in [0.25, 0.3) is 11.1 Å². The Morgan fingerprint density at radius 1 is 1.06 bits per heavy atom. The minimum atomic E-state index is -0.101. The Morgan fingerprint density at radius 3 is 2.56 bits per heavy atom. The van der Waals surface area contributed by atoms with Crippen molar-refractivity contribution in [2.45, 2.75) is 5.25 Å². The number of carbonyl (C=O) groups is 1. The van der Waals surface area contributed by atoms with Gasteiger partial charge in [-0.15, -0.1) is 11.8 Å². The molecule has 90 valence electrons. The van der Waals surface area contributed by atoms with Crippen molar-refractivity contribution in [1.29, 1.82) is 0 Å². The maximum atomic E-state index is 11.9. The smallest absolute Gasteiger partial charge is 0.242 e. The summed E-state index contributed by atoms with van der Waals surface area (Å²) in [6, 6.07) is 16.2. The number of thioether (sulfide) groups is 1. The number of nitrogens with one attached hydrogen (secondary N) is 1. The second-order valence-corrected chi connectivity index (χ2v) is 5.18. The summed E-state index contributed by atoms with van der Waals surface area (Å²) >= 11 is 1.58. The van der Waals surface area contributed by atoms with Crippen molar-refractivity contribution in [1.82, 2.24) is 0 Å². The lowest BCUT2D eigenvalue weighted by Gasteiger charge is -2.11. The summed E-state index contributed by atoms with van der Waals surface area (Å²) in [5, 5.41) is 2.85. The van der Waals surface area contributed by atoms with Gasteiger partial charge in [-0.2, -0.15) is 0 Å². The molecule has 0 radical (unpaired) electrons. The van der Waals surface area contributed by atoms with Gasteiger partial charge in [0.05, 0.1) is 0 Å².